The van der Waals surface area contributed by atoms with Gasteiger partial charge >= 0.3 is 0 Å². The molecule has 0 spiro atoms. The summed E-state index contributed by atoms with van der Waals surface area (Å²) in [5, 5.41) is 0. The van der Waals surface area contributed by atoms with E-state index in [1.807, 2.05) is 6.92 Å². The van der Waals surface area contributed by atoms with Crippen LogP contribution >= 0.6 is 0 Å². The Balaban J connectivity index is 2.44. The van der Waals surface area contributed by atoms with Gasteiger partial charge in [0.1, 0.15) is 11.6 Å². The van der Waals surface area contributed by atoms with Crippen molar-refractivity contribution in [1.82, 2.24) is 0 Å². The van der Waals surface area contributed by atoms with E-state index in [0.717, 1.165) is 12.8 Å². The average Bonchev–Trinajstić information content (AvgIpc) is 2.56. The van der Waals surface area contributed by atoms with Gasteiger partial charge in [-0.3, -0.25) is 0 Å². The number of hydrogen-bond donors (Lipinski definition) is 1. The summed E-state index contributed by atoms with van der Waals surface area (Å²) in [5.41, 5.74) is 6.64. The summed E-state index contributed by atoms with van der Waals surface area (Å²) in [7, 11) is 0. The Labute approximate surface area is 94.7 Å². The largest absolute Gasteiger partial charge is 0.327 e. The number of hydrogen-bond acceptors (Lipinski definition) is 1. The van der Waals surface area contributed by atoms with Crippen LogP contribution in [0.2, 0.25) is 0 Å². The fraction of sp³-hybridized carbons (Fsp3) is 0.538. The van der Waals surface area contributed by atoms with Crippen molar-refractivity contribution in [3.8, 4) is 0 Å². The minimum absolute atomic E-state index is 0.0595. The molecule has 2 N–H and O–H groups in total. The Morgan fingerprint density at radius 1 is 1.25 bits per heavy atom. The zero-order valence-corrected chi connectivity index (χ0v) is 9.63. The Bertz CT molecular complexity index is 403. The fourth-order valence-corrected chi connectivity index (χ4v) is 2.62. The maximum absolute atomic E-state index is 13.9. The smallest absolute Gasteiger partial charge is 0.132 e. The van der Waals surface area contributed by atoms with Crippen LogP contribution in [0.3, 0.4) is 0 Å². The molecule has 0 amide bonds. The van der Waals surface area contributed by atoms with Crippen LogP contribution in [0, 0.1) is 24.5 Å². The number of rotatable bonds is 1. The lowest BCUT2D eigenvalue weighted by Gasteiger charge is -2.20. The van der Waals surface area contributed by atoms with Gasteiger partial charge in [-0.15, -0.1) is 0 Å². The van der Waals surface area contributed by atoms with Crippen molar-refractivity contribution in [3.05, 3.63) is 34.9 Å². The van der Waals surface area contributed by atoms with E-state index < -0.39 is 11.6 Å². The van der Waals surface area contributed by atoms with E-state index in [1.54, 1.807) is 6.92 Å². The van der Waals surface area contributed by atoms with Crippen molar-refractivity contribution in [3.63, 3.8) is 0 Å². The van der Waals surface area contributed by atoms with Crippen LogP contribution in [0.5, 0.6) is 0 Å². The van der Waals surface area contributed by atoms with Crippen LogP contribution in [-0.2, 0) is 0 Å². The zero-order valence-electron chi connectivity index (χ0n) is 9.63. The summed E-state index contributed by atoms with van der Waals surface area (Å²) in [6.07, 6.45) is 1.62. The minimum Gasteiger partial charge on any atom is -0.327 e. The van der Waals surface area contributed by atoms with Crippen LogP contribution in [0.1, 0.15) is 36.8 Å². The first-order valence-electron chi connectivity index (χ1n) is 5.72. The Morgan fingerprint density at radius 3 is 2.50 bits per heavy atom. The topological polar surface area (TPSA) is 26.0 Å². The van der Waals surface area contributed by atoms with Crippen LogP contribution in [0.15, 0.2) is 12.1 Å². The molecule has 0 heterocycles. The molecule has 0 aliphatic heterocycles. The molecule has 1 nitrogen and oxygen atoms in total. The molecular weight excluding hydrogens is 208 g/mol. The van der Waals surface area contributed by atoms with E-state index in [9.17, 15) is 8.78 Å². The molecule has 1 aromatic carbocycles. The lowest BCUT2D eigenvalue weighted by molar-refractivity contribution is 0.440. The van der Waals surface area contributed by atoms with Crippen LogP contribution in [0.4, 0.5) is 8.78 Å². The normalized spacial score (nSPS) is 29.7. The predicted octanol–water partition coefficient (Wildman–Crippen LogP) is 3.11. The summed E-state index contributed by atoms with van der Waals surface area (Å²) in [6.45, 7) is 3.64. The Hall–Kier alpha value is -0.960. The van der Waals surface area contributed by atoms with E-state index in [2.05, 4.69) is 0 Å². The van der Waals surface area contributed by atoms with E-state index in [1.165, 1.54) is 12.1 Å². The standard InChI is InChI=1S/C13H17F2N/c1-7-3-5-10(14)12(13(7)15)9-4-6-11(16)8(9)2/h3,5,8-9,11H,4,6,16H2,1-2H3. The third-order valence-corrected chi connectivity index (χ3v) is 3.81. The van der Waals surface area contributed by atoms with E-state index >= 15 is 0 Å². The van der Waals surface area contributed by atoms with E-state index in [0.29, 0.717) is 5.56 Å². The van der Waals surface area contributed by atoms with Gasteiger partial charge in [0.15, 0.2) is 0 Å². The molecule has 3 heteroatoms. The summed E-state index contributed by atoms with van der Waals surface area (Å²) >= 11 is 0. The SMILES string of the molecule is Cc1ccc(F)c(C2CCC(N)C2C)c1F. The third-order valence-electron chi connectivity index (χ3n) is 3.81. The first-order valence-corrected chi connectivity index (χ1v) is 5.72. The molecule has 3 atom stereocenters. The number of halogens is 2. The Morgan fingerprint density at radius 2 is 1.94 bits per heavy atom. The molecule has 88 valence electrons. The highest BCUT2D eigenvalue weighted by Crippen LogP contribution is 2.41. The van der Waals surface area contributed by atoms with Gasteiger partial charge < -0.3 is 5.73 Å². The third kappa shape index (κ3) is 1.73. The van der Waals surface area contributed by atoms with E-state index in [-0.39, 0.29) is 23.4 Å². The first-order chi connectivity index (χ1) is 7.52. The van der Waals surface area contributed by atoms with Crippen molar-refractivity contribution >= 4 is 0 Å². The molecule has 1 saturated carbocycles. The second-order valence-electron chi connectivity index (χ2n) is 4.80. The predicted molar refractivity (Wildman–Crippen MR) is 60.2 cm³/mol. The highest BCUT2D eigenvalue weighted by atomic mass is 19.1. The molecule has 1 aliphatic rings. The molecule has 3 unspecified atom stereocenters. The molecule has 1 fully saturated rings. The van der Waals surface area contributed by atoms with Crippen molar-refractivity contribution in [1.29, 1.82) is 0 Å². The van der Waals surface area contributed by atoms with Crippen molar-refractivity contribution < 1.29 is 8.78 Å². The van der Waals surface area contributed by atoms with Gasteiger partial charge in [0.2, 0.25) is 0 Å². The lowest BCUT2D eigenvalue weighted by atomic mass is 9.87. The van der Waals surface area contributed by atoms with Crippen molar-refractivity contribution in [2.45, 2.75) is 38.6 Å². The van der Waals surface area contributed by atoms with Gasteiger partial charge in [0.25, 0.3) is 0 Å². The fourth-order valence-electron chi connectivity index (χ4n) is 2.62. The van der Waals surface area contributed by atoms with Gasteiger partial charge in [-0.05, 0) is 43.2 Å². The van der Waals surface area contributed by atoms with Crippen molar-refractivity contribution in [2.75, 3.05) is 0 Å². The monoisotopic (exact) mass is 225 g/mol. The van der Waals surface area contributed by atoms with Crippen LogP contribution in [0.25, 0.3) is 0 Å². The molecule has 0 radical (unpaired) electrons. The second-order valence-corrected chi connectivity index (χ2v) is 4.80. The highest BCUT2D eigenvalue weighted by Gasteiger charge is 2.34. The van der Waals surface area contributed by atoms with E-state index in [4.69, 9.17) is 5.73 Å². The average molecular weight is 225 g/mol. The molecule has 1 aliphatic carbocycles. The summed E-state index contributed by atoms with van der Waals surface area (Å²) in [4.78, 5) is 0. The van der Waals surface area contributed by atoms with Gasteiger partial charge in [-0.1, -0.05) is 13.0 Å². The summed E-state index contributed by atoms with van der Waals surface area (Å²) in [5.74, 6) is -0.763. The number of nitrogens with two attached hydrogens (primary N) is 1. The summed E-state index contributed by atoms with van der Waals surface area (Å²) in [6, 6.07) is 2.89. The second kappa shape index (κ2) is 4.13. The minimum atomic E-state index is -0.436. The number of benzene rings is 1. The van der Waals surface area contributed by atoms with Gasteiger partial charge in [-0.2, -0.15) is 0 Å². The summed E-state index contributed by atoms with van der Waals surface area (Å²) < 4.78 is 27.6. The molecule has 0 aromatic heterocycles. The maximum atomic E-state index is 13.9. The zero-order chi connectivity index (χ0) is 11.9. The van der Waals surface area contributed by atoms with Gasteiger partial charge in [0, 0.05) is 11.6 Å². The molecule has 0 bridgehead atoms. The highest BCUT2D eigenvalue weighted by molar-refractivity contribution is 5.31. The molecular formula is C13H17F2N. The van der Waals surface area contributed by atoms with Gasteiger partial charge in [-0.25, -0.2) is 8.78 Å². The quantitative estimate of drug-likeness (QED) is 0.780. The maximum Gasteiger partial charge on any atom is 0.132 e. The molecule has 16 heavy (non-hydrogen) atoms. The molecule has 0 saturated heterocycles. The molecule has 1 aromatic rings. The lowest BCUT2D eigenvalue weighted by Crippen LogP contribution is -2.25. The Kier molecular flexibility index (Phi) is 2.98. The van der Waals surface area contributed by atoms with Gasteiger partial charge in [0.05, 0.1) is 0 Å². The van der Waals surface area contributed by atoms with Crippen molar-refractivity contribution in [2.24, 2.45) is 11.7 Å². The molecule has 2 rings (SSSR count). The first kappa shape index (κ1) is 11.5. The van der Waals surface area contributed by atoms with Crippen LogP contribution < -0.4 is 5.73 Å². The number of aryl methyl sites for hydroxylation is 1. The van der Waals surface area contributed by atoms with Crippen LogP contribution in [-0.4, -0.2) is 6.04 Å².